The molecular weight excluding hydrogens is 254 g/mol. The number of hydrogen-bond donors (Lipinski definition) is 2. The van der Waals surface area contributed by atoms with Crippen molar-refractivity contribution in [3.05, 3.63) is 41.7 Å². The number of anilines is 1. The van der Waals surface area contributed by atoms with Crippen LogP contribution in [0.5, 0.6) is 11.6 Å². The lowest BCUT2D eigenvalue weighted by Gasteiger charge is -2.09. The van der Waals surface area contributed by atoms with Crippen molar-refractivity contribution in [3.63, 3.8) is 0 Å². The van der Waals surface area contributed by atoms with Crippen LogP contribution in [0.15, 0.2) is 30.3 Å². The van der Waals surface area contributed by atoms with Gasteiger partial charge in [-0.3, -0.25) is 0 Å². The van der Waals surface area contributed by atoms with Gasteiger partial charge in [-0.15, -0.1) is 0 Å². The standard InChI is InChI=1S/C15H19N3O2/c1-3-13-17-14(16-4-2)9-15(18-13)20-12-7-5-11(10-19)6-8-12/h5-9,19H,3-4,10H2,1-2H3,(H,16,17,18). The highest BCUT2D eigenvalue weighted by Crippen LogP contribution is 2.22. The lowest BCUT2D eigenvalue weighted by Crippen LogP contribution is -2.04. The summed E-state index contributed by atoms with van der Waals surface area (Å²) < 4.78 is 5.73. The zero-order valence-electron chi connectivity index (χ0n) is 11.8. The average molecular weight is 273 g/mol. The summed E-state index contributed by atoms with van der Waals surface area (Å²) in [6, 6.07) is 9.05. The summed E-state index contributed by atoms with van der Waals surface area (Å²) in [5.74, 6) is 2.71. The lowest BCUT2D eigenvalue weighted by atomic mass is 10.2. The van der Waals surface area contributed by atoms with Gasteiger partial charge >= 0.3 is 0 Å². The third-order valence-corrected chi connectivity index (χ3v) is 2.75. The number of aromatic nitrogens is 2. The van der Waals surface area contributed by atoms with Crippen molar-refractivity contribution < 1.29 is 9.84 Å². The maximum atomic E-state index is 9.01. The first-order valence-electron chi connectivity index (χ1n) is 6.74. The van der Waals surface area contributed by atoms with E-state index in [0.29, 0.717) is 11.6 Å². The molecule has 0 aliphatic carbocycles. The second kappa shape index (κ2) is 6.86. The number of ether oxygens (including phenoxy) is 1. The minimum atomic E-state index is 0.0261. The summed E-state index contributed by atoms with van der Waals surface area (Å²) >= 11 is 0. The van der Waals surface area contributed by atoms with Crippen LogP contribution in [0.3, 0.4) is 0 Å². The molecule has 0 amide bonds. The molecule has 2 rings (SSSR count). The Kier molecular flexibility index (Phi) is 4.90. The maximum absolute atomic E-state index is 9.01. The predicted molar refractivity (Wildman–Crippen MR) is 78.0 cm³/mol. The molecule has 0 aliphatic rings. The van der Waals surface area contributed by atoms with Gasteiger partial charge in [0.15, 0.2) is 0 Å². The molecule has 0 saturated heterocycles. The molecule has 0 bridgehead atoms. The molecule has 2 N–H and O–H groups in total. The van der Waals surface area contributed by atoms with E-state index in [1.54, 1.807) is 6.07 Å². The Hall–Kier alpha value is -2.14. The summed E-state index contributed by atoms with van der Waals surface area (Å²) in [6.07, 6.45) is 0.749. The minimum Gasteiger partial charge on any atom is -0.439 e. The zero-order chi connectivity index (χ0) is 14.4. The summed E-state index contributed by atoms with van der Waals surface area (Å²) in [6.45, 7) is 4.84. The number of nitrogens with one attached hydrogen (secondary N) is 1. The number of aliphatic hydroxyl groups excluding tert-OH is 1. The molecule has 5 nitrogen and oxygen atoms in total. The van der Waals surface area contributed by atoms with Gasteiger partial charge in [-0.25, -0.2) is 4.98 Å². The Balaban J connectivity index is 2.20. The summed E-state index contributed by atoms with van der Waals surface area (Å²) in [5.41, 5.74) is 0.850. The summed E-state index contributed by atoms with van der Waals surface area (Å²) in [4.78, 5) is 8.72. The molecule has 1 aromatic carbocycles. The monoisotopic (exact) mass is 273 g/mol. The Labute approximate surface area is 118 Å². The fourth-order valence-corrected chi connectivity index (χ4v) is 1.74. The number of benzene rings is 1. The van der Waals surface area contributed by atoms with Crippen LogP contribution >= 0.6 is 0 Å². The van der Waals surface area contributed by atoms with Crippen molar-refractivity contribution in [1.29, 1.82) is 0 Å². The van der Waals surface area contributed by atoms with Gasteiger partial charge in [0, 0.05) is 19.0 Å². The highest BCUT2D eigenvalue weighted by molar-refractivity contribution is 5.40. The van der Waals surface area contributed by atoms with E-state index in [2.05, 4.69) is 15.3 Å². The molecule has 0 saturated carbocycles. The Morgan fingerprint density at radius 3 is 2.50 bits per heavy atom. The van der Waals surface area contributed by atoms with E-state index in [-0.39, 0.29) is 6.61 Å². The normalized spacial score (nSPS) is 10.3. The van der Waals surface area contributed by atoms with Crippen LogP contribution in [-0.2, 0) is 13.0 Å². The Morgan fingerprint density at radius 1 is 1.15 bits per heavy atom. The number of rotatable bonds is 6. The lowest BCUT2D eigenvalue weighted by molar-refractivity contribution is 0.281. The summed E-state index contributed by atoms with van der Waals surface area (Å²) in [5, 5.41) is 12.2. The van der Waals surface area contributed by atoms with E-state index in [1.807, 2.05) is 38.1 Å². The topological polar surface area (TPSA) is 67.3 Å². The molecule has 0 radical (unpaired) electrons. The third-order valence-electron chi connectivity index (χ3n) is 2.75. The van der Waals surface area contributed by atoms with Gasteiger partial charge in [-0.05, 0) is 24.6 Å². The highest BCUT2D eigenvalue weighted by atomic mass is 16.5. The molecule has 1 aromatic heterocycles. The number of hydrogen-bond acceptors (Lipinski definition) is 5. The molecule has 0 aliphatic heterocycles. The smallest absolute Gasteiger partial charge is 0.224 e. The first-order valence-corrected chi connectivity index (χ1v) is 6.74. The number of nitrogens with zero attached hydrogens (tertiary/aromatic N) is 2. The molecule has 1 heterocycles. The zero-order valence-corrected chi connectivity index (χ0v) is 11.8. The summed E-state index contributed by atoms with van der Waals surface area (Å²) in [7, 11) is 0. The second-order valence-corrected chi connectivity index (χ2v) is 4.30. The van der Waals surface area contributed by atoms with Crippen molar-refractivity contribution in [2.45, 2.75) is 26.9 Å². The van der Waals surface area contributed by atoms with Gasteiger partial charge in [-0.2, -0.15) is 4.98 Å². The average Bonchev–Trinajstić information content (AvgIpc) is 2.48. The van der Waals surface area contributed by atoms with E-state index in [4.69, 9.17) is 9.84 Å². The Bertz CT molecular complexity index is 556. The molecule has 0 fully saturated rings. The molecule has 0 unspecified atom stereocenters. The van der Waals surface area contributed by atoms with Crippen LogP contribution in [0.25, 0.3) is 0 Å². The van der Waals surface area contributed by atoms with Crippen LogP contribution in [0.4, 0.5) is 5.82 Å². The molecule has 0 spiro atoms. The molecule has 106 valence electrons. The molecule has 20 heavy (non-hydrogen) atoms. The van der Waals surface area contributed by atoms with Gasteiger partial charge in [0.25, 0.3) is 0 Å². The number of aliphatic hydroxyl groups is 1. The Morgan fingerprint density at radius 2 is 1.90 bits per heavy atom. The highest BCUT2D eigenvalue weighted by Gasteiger charge is 2.05. The number of aryl methyl sites for hydroxylation is 1. The SMILES string of the molecule is CCNc1cc(Oc2ccc(CO)cc2)nc(CC)n1. The predicted octanol–water partition coefficient (Wildman–Crippen LogP) is 2.76. The van der Waals surface area contributed by atoms with Gasteiger partial charge in [-0.1, -0.05) is 19.1 Å². The van der Waals surface area contributed by atoms with E-state index >= 15 is 0 Å². The molecular formula is C15H19N3O2. The van der Waals surface area contributed by atoms with Crippen LogP contribution in [0.1, 0.15) is 25.2 Å². The largest absolute Gasteiger partial charge is 0.439 e. The van der Waals surface area contributed by atoms with Crippen LogP contribution < -0.4 is 10.1 Å². The second-order valence-electron chi connectivity index (χ2n) is 4.30. The van der Waals surface area contributed by atoms with E-state index < -0.39 is 0 Å². The first-order chi connectivity index (χ1) is 9.75. The quantitative estimate of drug-likeness (QED) is 0.847. The first kappa shape index (κ1) is 14.3. The van der Waals surface area contributed by atoms with Crippen LogP contribution in [-0.4, -0.2) is 21.6 Å². The molecule has 5 heteroatoms. The van der Waals surface area contributed by atoms with Gasteiger partial charge in [0.2, 0.25) is 5.88 Å². The maximum Gasteiger partial charge on any atom is 0.224 e. The molecule has 2 aromatic rings. The fraction of sp³-hybridized carbons (Fsp3) is 0.333. The van der Waals surface area contributed by atoms with E-state index in [1.165, 1.54) is 0 Å². The minimum absolute atomic E-state index is 0.0261. The van der Waals surface area contributed by atoms with Crippen molar-refractivity contribution in [2.24, 2.45) is 0 Å². The van der Waals surface area contributed by atoms with E-state index in [9.17, 15) is 0 Å². The third kappa shape index (κ3) is 3.68. The van der Waals surface area contributed by atoms with Gasteiger partial charge < -0.3 is 15.2 Å². The van der Waals surface area contributed by atoms with Crippen molar-refractivity contribution in [3.8, 4) is 11.6 Å². The fourth-order valence-electron chi connectivity index (χ4n) is 1.74. The van der Waals surface area contributed by atoms with Crippen molar-refractivity contribution in [1.82, 2.24) is 9.97 Å². The molecule has 0 atom stereocenters. The van der Waals surface area contributed by atoms with E-state index in [0.717, 1.165) is 30.2 Å². The van der Waals surface area contributed by atoms with Gasteiger partial charge in [0.05, 0.1) is 6.61 Å². The van der Waals surface area contributed by atoms with Gasteiger partial charge in [0.1, 0.15) is 17.4 Å². The van der Waals surface area contributed by atoms with Crippen molar-refractivity contribution in [2.75, 3.05) is 11.9 Å². The van der Waals surface area contributed by atoms with Crippen LogP contribution in [0, 0.1) is 0 Å². The van der Waals surface area contributed by atoms with Crippen molar-refractivity contribution >= 4 is 5.82 Å². The van der Waals surface area contributed by atoms with Crippen LogP contribution in [0.2, 0.25) is 0 Å².